The largest absolute Gasteiger partial charge is 0.490 e. The number of nitriles is 1. The highest BCUT2D eigenvalue weighted by molar-refractivity contribution is 7.93. The first kappa shape index (κ1) is 21.6. The molecule has 1 aliphatic rings. The number of carboxylic acid groups (broad SMARTS) is 1. The molecule has 0 radical (unpaired) electrons. The highest BCUT2D eigenvalue weighted by Crippen LogP contribution is 2.35. The van der Waals surface area contributed by atoms with E-state index in [1.165, 1.54) is 24.3 Å². The standard InChI is InChI=1S/C21H21NO7S/c22-15-16-2-1-3-18(14-16)29-13-12-28-17-4-6-19(7-5-17)30(25,26)21(20(23)24)8-10-27-11-9-21/h1-7,14H,8-13H2,(H,23,24). The number of nitrogens with zero attached hydrogens (tertiary/aromatic N) is 1. The lowest BCUT2D eigenvalue weighted by Gasteiger charge is -2.32. The molecular weight excluding hydrogens is 410 g/mol. The van der Waals surface area contributed by atoms with Crippen LogP contribution >= 0.6 is 0 Å². The molecule has 0 saturated carbocycles. The smallest absolute Gasteiger partial charge is 0.325 e. The Hall–Kier alpha value is -3.09. The summed E-state index contributed by atoms with van der Waals surface area (Å²) in [7, 11) is -4.09. The second kappa shape index (κ2) is 9.15. The van der Waals surface area contributed by atoms with E-state index in [1.54, 1.807) is 24.3 Å². The number of carboxylic acids is 1. The van der Waals surface area contributed by atoms with Crippen LogP contribution in [0, 0.1) is 11.3 Å². The molecule has 1 N–H and O–H groups in total. The Morgan fingerprint density at radius 3 is 2.30 bits per heavy atom. The highest BCUT2D eigenvalue weighted by Gasteiger charge is 2.52. The van der Waals surface area contributed by atoms with E-state index in [1.807, 2.05) is 6.07 Å². The minimum atomic E-state index is -4.09. The molecule has 8 nitrogen and oxygen atoms in total. The highest BCUT2D eigenvalue weighted by atomic mass is 32.2. The maximum Gasteiger partial charge on any atom is 0.325 e. The van der Waals surface area contributed by atoms with Gasteiger partial charge in [-0.3, -0.25) is 4.79 Å². The van der Waals surface area contributed by atoms with Crippen LogP contribution in [0.15, 0.2) is 53.4 Å². The van der Waals surface area contributed by atoms with Crippen molar-refractivity contribution in [1.29, 1.82) is 5.26 Å². The van der Waals surface area contributed by atoms with E-state index >= 15 is 0 Å². The number of benzene rings is 2. The topological polar surface area (TPSA) is 123 Å². The minimum absolute atomic E-state index is 0.0660. The van der Waals surface area contributed by atoms with E-state index in [-0.39, 0.29) is 44.2 Å². The van der Waals surface area contributed by atoms with Gasteiger partial charge in [0.1, 0.15) is 24.7 Å². The normalized spacial score (nSPS) is 15.7. The zero-order valence-electron chi connectivity index (χ0n) is 16.1. The predicted molar refractivity (Wildman–Crippen MR) is 106 cm³/mol. The first-order valence-electron chi connectivity index (χ1n) is 9.31. The van der Waals surface area contributed by atoms with Crippen LogP contribution in [0.25, 0.3) is 0 Å². The maximum absolute atomic E-state index is 13.0. The van der Waals surface area contributed by atoms with Gasteiger partial charge in [0.25, 0.3) is 0 Å². The van der Waals surface area contributed by atoms with Gasteiger partial charge < -0.3 is 19.3 Å². The number of rotatable bonds is 8. The van der Waals surface area contributed by atoms with Crippen LogP contribution < -0.4 is 9.47 Å². The van der Waals surface area contributed by atoms with Crippen molar-refractivity contribution >= 4 is 15.8 Å². The Morgan fingerprint density at radius 1 is 1.07 bits per heavy atom. The molecule has 0 atom stereocenters. The van der Waals surface area contributed by atoms with Crippen molar-refractivity contribution in [3.63, 3.8) is 0 Å². The lowest BCUT2D eigenvalue weighted by Crippen LogP contribution is -2.50. The zero-order valence-corrected chi connectivity index (χ0v) is 16.9. The molecule has 2 aromatic rings. The fourth-order valence-corrected chi connectivity index (χ4v) is 5.09. The molecule has 0 unspecified atom stereocenters. The fraction of sp³-hybridized carbons (Fsp3) is 0.333. The van der Waals surface area contributed by atoms with Gasteiger partial charge in [-0.05, 0) is 42.5 Å². The third-order valence-electron chi connectivity index (χ3n) is 4.92. The molecule has 30 heavy (non-hydrogen) atoms. The molecule has 1 fully saturated rings. The first-order chi connectivity index (χ1) is 14.4. The Labute approximate surface area is 174 Å². The van der Waals surface area contributed by atoms with E-state index in [9.17, 15) is 18.3 Å². The number of aliphatic carboxylic acids is 1. The second-order valence-electron chi connectivity index (χ2n) is 6.72. The lowest BCUT2D eigenvalue weighted by atomic mass is 9.99. The van der Waals surface area contributed by atoms with Crippen LogP contribution in [0.2, 0.25) is 0 Å². The molecule has 158 valence electrons. The van der Waals surface area contributed by atoms with Gasteiger partial charge in [-0.2, -0.15) is 5.26 Å². The quantitative estimate of drug-likeness (QED) is 0.632. The summed E-state index contributed by atoms with van der Waals surface area (Å²) in [6.07, 6.45) is -0.180. The molecule has 0 amide bonds. The van der Waals surface area contributed by atoms with Crippen LogP contribution in [0.3, 0.4) is 0 Å². The van der Waals surface area contributed by atoms with E-state index in [4.69, 9.17) is 19.5 Å². The van der Waals surface area contributed by atoms with Crippen molar-refractivity contribution in [2.45, 2.75) is 22.5 Å². The number of carbonyl (C=O) groups is 1. The zero-order chi connectivity index (χ0) is 21.6. The molecule has 2 aromatic carbocycles. The lowest BCUT2D eigenvalue weighted by molar-refractivity contribution is -0.142. The Balaban J connectivity index is 1.61. The summed E-state index contributed by atoms with van der Waals surface area (Å²) in [5, 5.41) is 18.5. The van der Waals surface area contributed by atoms with Crippen molar-refractivity contribution in [1.82, 2.24) is 0 Å². The third-order valence-corrected chi connectivity index (χ3v) is 7.43. The summed E-state index contributed by atoms with van der Waals surface area (Å²) < 4.78 is 40.4. The Kier molecular flexibility index (Phi) is 6.59. The molecule has 0 aliphatic carbocycles. The summed E-state index contributed by atoms with van der Waals surface area (Å²) in [4.78, 5) is 11.7. The summed E-state index contributed by atoms with van der Waals surface area (Å²) in [5.74, 6) is -0.377. The molecule has 1 saturated heterocycles. The van der Waals surface area contributed by atoms with E-state index < -0.39 is 20.6 Å². The first-order valence-corrected chi connectivity index (χ1v) is 10.8. The molecule has 0 bridgehead atoms. The summed E-state index contributed by atoms with van der Waals surface area (Å²) in [6, 6.07) is 14.4. The van der Waals surface area contributed by atoms with Crippen molar-refractivity contribution in [2.75, 3.05) is 26.4 Å². The van der Waals surface area contributed by atoms with Crippen molar-refractivity contribution in [3.05, 3.63) is 54.1 Å². The average Bonchev–Trinajstić information content (AvgIpc) is 2.77. The summed E-state index contributed by atoms with van der Waals surface area (Å²) >= 11 is 0. The monoisotopic (exact) mass is 431 g/mol. The summed E-state index contributed by atoms with van der Waals surface area (Å²) in [6.45, 7) is 0.615. The summed E-state index contributed by atoms with van der Waals surface area (Å²) in [5.41, 5.74) is 0.494. The molecule has 1 aliphatic heterocycles. The van der Waals surface area contributed by atoms with Gasteiger partial charge in [0.2, 0.25) is 0 Å². The molecule has 9 heteroatoms. The fourth-order valence-electron chi connectivity index (χ4n) is 3.21. The molecule has 0 spiro atoms. The van der Waals surface area contributed by atoms with E-state index in [0.29, 0.717) is 17.1 Å². The number of hydrogen-bond donors (Lipinski definition) is 1. The van der Waals surface area contributed by atoms with Crippen molar-refractivity contribution < 1.29 is 32.5 Å². The van der Waals surface area contributed by atoms with Crippen LogP contribution in [-0.2, 0) is 19.4 Å². The van der Waals surface area contributed by atoms with Gasteiger partial charge in [0.05, 0.1) is 16.5 Å². The van der Waals surface area contributed by atoms with Crippen LogP contribution in [-0.4, -0.2) is 50.7 Å². The number of ether oxygens (including phenoxy) is 3. The van der Waals surface area contributed by atoms with Gasteiger partial charge >= 0.3 is 5.97 Å². The Morgan fingerprint density at radius 2 is 1.70 bits per heavy atom. The SMILES string of the molecule is N#Cc1cccc(OCCOc2ccc(S(=O)(=O)C3(C(=O)O)CCOCC3)cc2)c1. The van der Waals surface area contributed by atoms with Crippen LogP contribution in [0.5, 0.6) is 11.5 Å². The van der Waals surface area contributed by atoms with Crippen LogP contribution in [0.1, 0.15) is 18.4 Å². The Bertz CT molecular complexity index is 1040. The molecular formula is C21H21NO7S. The second-order valence-corrected chi connectivity index (χ2v) is 8.98. The molecule has 3 rings (SSSR count). The van der Waals surface area contributed by atoms with Gasteiger partial charge in [-0.1, -0.05) is 6.07 Å². The number of hydrogen-bond acceptors (Lipinski definition) is 7. The average molecular weight is 431 g/mol. The maximum atomic E-state index is 13.0. The van der Waals surface area contributed by atoms with Gasteiger partial charge in [-0.15, -0.1) is 0 Å². The third kappa shape index (κ3) is 4.40. The molecule has 0 aromatic heterocycles. The molecule has 1 heterocycles. The van der Waals surface area contributed by atoms with E-state index in [0.717, 1.165) is 0 Å². The van der Waals surface area contributed by atoms with Gasteiger partial charge in [0.15, 0.2) is 14.6 Å². The van der Waals surface area contributed by atoms with E-state index in [2.05, 4.69) is 0 Å². The van der Waals surface area contributed by atoms with Crippen molar-refractivity contribution in [3.8, 4) is 17.6 Å². The van der Waals surface area contributed by atoms with Gasteiger partial charge in [-0.25, -0.2) is 8.42 Å². The van der Waals surface area contributed by atoms with Crippen molar-refractivity contribution in [2.24, 2.45) is 0 Å². The minimum Gasteiger partial charge on any atom is -0.490 e. The predicted octanol–water partition coefficient (Wildman–Crippen LogP) is 2.42. The van der Waals surface area contributed by atoms with Gasteiger partial charge in [0, 0.05) is 26.1 Å². The number of sulfone groups is 1. The van der Waals surface area contributed by atoms with Crippen LogP contribution in [0.4, 0.5) is 0 Å².